The van der Waals surface area contributed by atoms with Crippen molar-refractivity contribution < 1.29 is 29.7 Å². The molecule has 0 saturated heterocycles. The molecule has 6 nitrogen and oxygen atoms in total. The predicted octanol–water partition coefficient (Wildman–Crippen LogP) is 1.72. The van der Waals surface area contributed by atoms with Crippen molar-refractivity contribution in [2.45, 2.75) is 19.3 Å². The van der Waals surface area contributed by atoms with E-state index >= 15 is 0 Å². The molecule has 0 radical (unpaired) electrons. The Bertz CT molecular complexity index is 757. The SMILES string of the molecule is O=C(O)Cc1ccc2c(CC(=O)O)cc(CC(=O)O)cc2c1. The lowest BCUT2D eigenvalue weighted by Crippen LogP contribution is -2.05. The fourth-order valence-electron chi connectivity index (χ4n) is 2.44. The van der Waals surface area contributed by atoms with Crippen LogP contribution >= 0.6 is 0 Å². The van der Waals surface area contributed by atoms with Crippen LogP contribution in [-0.4, -0.2) is 33.2 Å². The van der Waals surface area contributed by atoms with Gasteiger partial charge in [-0.25, -0.2) is 0 Å². The third-order valence-electron chi connectivity index (χ3n) is 3.21. The molecule has 0 heterocycles. The van der Waals surface area contributed by atoms with E-state index in [2.05, 4.69) is 0 Å². The van der Waals surface area contributed by atoms with Crippen LogP contribution in [-0.2, 0) is 33.6 Å². The first-order valence-corrected chi connectivity index (χ1v) is 6.55. The Morgan fingerprint density at radius 1 is 0.727 bits per heavy atom. The highest BCUT2D eigenvalue weighted by molar-refractivity contribution is 5.91. The van der Waals surface area contributed by atoms with E-state index in [1.54, 1.807) is 30.3 Å². The summed E-state index contributed by atoms with van der Waals surface area (Å²) >= 11 is 0. The van der Waals surface area contributed by atoms with Crippen molar-refractivity contribution in [2.75, 3.05) is 0 Å². The average Bonchev–Trinajstić information content (AvgIpc) is 2.35. The Balaban J connectivity index is 2.56. The largest absolute Gasteiger partial charge is 0.481 e. The molecule has 0 amide bonds. The Morgan fingerprint density at radius 3 is 1.86 bits per heavy atom. The van der Waals surface area contributed by atoms with Gasteiger partial charge in [-0.3, -0.25) is 14.4 Å². The molecular formula is C16H14O6. The maximum absolute atomic E-state index is 11.0. The molecule has 0 aromatic heterocycles. The molecule has 6 heteroatoms. The predicted molar refractivity (Wildman–Crippen MR) is 78.0 cm³/mol. The second kappa shape index (κ2) is 6.26. The highest BCUT2D eigenvalue weighted by atomic mass is 16.4. The van der Waals surface area contributed by atoms with Crippen molar-refractivity contribution >= 4 is 28.7 Å². The van der Waals surface area contributed by atoms with E-state index in [1.807, 2.05) is 0 Å². The molecule has 0 unspecified atom stereocenters. The highest BCUT2D eigenvalue weighted by Crippen LogP contribution is 2.24. The van der Waals surface area contributed by atoms with Gasteiger partial charge >= 0.3 is 17.9 Å². The number of hydrogen-bond acceptors (Lipinski definition) is 3. The molecule has 0 spiro atoms. The van der Waals surface area contributed by atoms with Crippen LogP contribution in [0.15, 0.2) is 30.3 Å². The van der Waals surface area contributed by atoms with Crippen molar-refractivity contribution in [3.63, 3.8) is 0 Å². The molecule has 0 aliphatic rings. The Labute approximate surface area is 125 Å². The number of carboxylic acids is 3. The van der Waals surface area contributed by atoms with Gasteiger partial charge in [-0.1, -0.05) is 30.3 Å². The van der Waals surface area contributed by atoms with Crippen molar-refractivity contribution in [3.05, 3.63) is 47.0 Å². The molecule has 0 aliphatic heterocycles. The van der Waals surface area contributed by atoms with E-state index in [-0.39, 0.29) is 19.3 Å². The zero-order valence-electron chi connectivity index (χ0n) is 11.6. The van der Waals surface area contributed by atoms with Crippen LogP contribution in [0.5, 0.6) is 0 Å². The number of rotatable bonds is 6. The Kier molecular flexibility index (Phi) is 4.41. The summed E-state index contributed by atoms with van der Waals surface area (Å²) < 4.78 is 0. The Morgan fingerprint density at radius 2 is 1.27 bits per heavy atom. The van der Waals surface area contributed by atoms with Crippen LogP contribution in [0.3, 0.4) is 0 Å². The fraction of sp³-hybridized carbons (Fsp3) is 0.188. The first-order chi connectivity index (χ1) is 10.3. The van der Waals surface area contributed by atoms with Gasteiger partial charge in [0.05, 0.1) is 19.3 Å². The molecule has 22 heavy (non-hydrogen) atoms. The summed E-state index contributed by atoms with van der Waals surface area (Å²) in [6, 6.07) is 8.19. The number of benzene rings is 2. The quantitative estimate of drug-likeness (QED) is 0.749. The number of carboxylic acid groups (broad SMARTS) is 3. The first kappa shape index (κ1) is 15.5. The zero-order chi connectivity index (χ0) is 16.3. The summed E-state index contributed by atoms with van der Waals surface area (Å²) in [5.41, 5.74) is 1.58. The monoisotopic (exact) mass is 302 g/mol. The molecule has 0 fully saturated rings. The van der Waals surface area contributed by atoms with E-state index in [0.29, 0.717) is 27.5 Å². The normalized spacial score (nSPS) is 10.5. The van der Waals surface area contributed by atoms with E-state index in [1.165, 1.54) is 0 Å². The van der Waals surface area contributed by atoms with Gasteiger partial charge in [-0.15, -0.1) is 0 Å². The lowest BCUT2D eigenvalue weighted by atomic mass is 9.95. The van der Waals surface area contributed by atoms with Gasteiger partial charge in [0.25, 0.3) is 0 Å². The van der Waals surface area contributed by atoms with E-state index < -0.39 is 17.9 Å². The van der Waals surface area contributed by atoms with E-state index in [9.17, 15) is 14.4 Å². The molecule has 2 aromatic carbocycles. The fourth-order valence-corrected chi connectivity index (χ4v) is 2.44. The second-order valence-corrected chi connectivity index (χ2v) is 5.02. The van der Waals surface area contributed by atoms with Crippen LogP contribution in [0.25, 0.3) is 10.8 Å². The molecule has 2 aromatic rings. The summed E-state index contributed by atoms with van der Waals surface area (Å²) in [7, 11) is 0. The van der Waals surface area contributed by atoms with Gasteiger partial charge in [-0.2, -0.15) is 0 Å². The topological polar surface area (TPSA) is 112 Å². The van der Waals surface area contributed by atoms with Gasteiger partial charge in [0.1, 0.15) is 0 Å². The maximum atomic E-state index is 11.0. The van der Waals surface area contributed by atoms with Crippen molar-refractivity contribution in [1.29, 1.82) is 0 Å². The number of aliphatic carboxylic acids is 3. The minimum absolute atomic E-state index is 0.145. The average molecular weight is 302 g/mol. The number of hydrogen-bond donors (Lipinski definition) is 3. The van der Waals surface area contributed by atoms with Crippen molar-refractivity contribution in [1.82, 2.24) is 0 Å². The third-order valence-corrected chi connectivity index (χ3v) is 3.21. The lowest BCUT2D eigenvalue weighted by Gasteiger charge is -2.09. The van der Waals surface area contributed by atoms with E-state index in [0.717, 1.165) is 0 Å². The first-order valence-electron chi connectivity index (χ1n) is 6.55. The zero-order valence-corrected chi connectivity index (χ0v) is 11.6. The molecule has 0 aliphatic carbocycles. The molecule has 0 atom stereocenters. The van der Waals surface area contributed by atoms with Gasteiger partial charge in [0, 0.05) is 0 Å². The lowest BCUT2D eigenvalue weighted by molar-refractivity contribution is -0.137. The summed E-state index contributed by atoms with van der Waals surface area (Å²) in [6.07, 6.45) is -0.582. The van der Waals surface area contributed by atoms with Gasteiger partial charge in [0.2, 0.25) is 0 Å². The molecule has 0 bridgehead atoms. The Hall–Kier alpha value is -2.89. The van der Waals surface area contributed by atoms with Gasteiger partial charge < -0.3 is 15.3 Å². The molecule has 114 valence electrons. The maximum Gasteiger partial charge on any atom is 0.307 e. The molecule has 0 saturated carbocycles. The number of fused-ring (bicyclic) bond motifs is 1. The standard InChI is InChI=1S/C16H14O6/c17-14(18)6-9-1-2-13-11(3-9)4-10(7-15(19)20)5-12(13)8-16(21)22/h1-5H,6-8H2,(H,17,18)(H,19,20)(H,21,22). The molecule has 3 N–H and O–H groups in total. The van der Waals surface area contributed by atoms with Gasteiger partial charge in [-0.05, 0) is 27.5 Å². The number of carbonyl (C=O) groups is 3. The van der Waals surface area contributed by atoms with Crippen molar-refractivity contribution in [3.8, 4) is 0 Å². The van der Waals surface area contributed by atoms with Crippen LogP contribution < -0.4 is 0 Å². The second-order valence-electron chi connectivity index (χ2n) is 5.02. The molecular weight excluding hydrogens is 288 g/mol. The minimum atomic E-state index is -1.01. The van der Waals surface area contributed by atoms with Crippen LogP contribution in [0.1, 0.15) is 16.7 Å². The van der Waals surface area contributed by atoms with Crippen LogP contribution in [0, 0.1) is 0 Å². The van der Waals surface area contributed by atoms with Crippen LogP contribution in [0.4, 0.5) is 0 Å². The van der Waals surface area contributed by atoms with Gasteiger partial charge in [0.15, 0.2) is 0 Å². The smallest absolute Gasteiger partial charge is 0.307 e. The highest BCUT2D eigenvalue weighted by Gasteiger charge is 2.11. The minimum Gasteiger partial charge on any atom is -0.481 e. The third kappa shape index (κ3) is 3.82. The van der Waals surface area contributed by atoms with E-state index in [4.69, 9.17) is 15.3 Å². The van der Waals surface area contributed by atoms with Crippen molar-refractivity contribution in [2.24, 2.45) is 0 Å². The summed E-state index contributed by atoms with van der Waals surface area (Å²) in [5, 5.41) is 28.0. The summed E-state index contributed by atoms with van der Waals surface area (Å²) in [6.45, 7) is 0. The summed E-state index contributed by atoms with van der Waals surface area (Å²) in [4.78, 5) is 32.6. The summed E-state index contributed by atoms with van der Waals surface area (Å²) in [5.74, 6) is -2.99. The molecule has 2 rings (SSSR count). The van der Waals surface area contributed by atoms with Crippen LogP contribution in [0.2, 0.25) is 0 Å².